The molecule has 0 saturated carbocycles. The Labute approximate surface area is 207 Å². The molecule has 0 atom stereocenters. The molecule has 6 nitrogen and oxygen atoms in total. The number of nitrogens with one attached hydrogen (secondary N) is 2. The molecule has 0 bridgehead atoms. The van der Waals surface area contributed by atoms with Gasteiger partial charge in [-0.05, 0) is 48.6 Å². The van der Waals surface area contributed by atoms with Crippen LogP contribution in [0.5, 0.6) is 0 Å². The van der Waals surface area contributed by atoms with Crippen molar-refractivity contribution < 1.29 is 9.59 Å². The number of thiocarbonyl (C=S) groups is 1. The van der Waals surface area contributed by atoms with Crippen LogP contribution in [-0.4, -0.2) is 48.0 Å². The molecule has 0 aliphatic carbocycles. The van der Waals surface area contributed by atoms with E-state index in [1.807, 2.05) is 30.9 Å². The summed E-state index contributed by atoms with van der Waals surface area (Å²) < 4.78 is 0. The van der Waals surface area contributed by atoms with Crippen LogP contribution in [-0.2, 0) is 4.79 Å². The Hall–Kier alpha value is -2.06. The van der Waals surface area contributed by atoms with Gasteiger partial charge in [-0.25, -0.2) is 0 Å². The Morgan fingerprint density at radius 1 is 0.969 bits per heavy atom. The minimum atomic E-state index is -0.444. The number of nitrogens with zero attached hydrogens (tertiary/aromatic N) is 2. The molecule has 2 amide bonds. The molecule has 2 aromatic carbocycles. The fraction of sp³-hybridized carbons (Fsp3) is 0.318. The van der Waals surface area contributed by atoms with Crippen molar-refractivity contribution in [3.05, 3.63) is 57.0 Å². The zero-order valence-corrected chi connectivity index (χ0v) is 20.7. The molecule has 2 N–H and O–H groups in total. The number of amides is 2. The molecular formula is C22H23Cl3N4O2S. The average molecular weight is 514 g/mol. The second-order valence-electron chi connectivity index (χ2n) is 7.67. The number of rotatable bonds is 4. The molecule has 1 fully saturated rings. The summed E-state index contributed by atoms with van der Waals surface area (Å²) in [5.74, 6) is -0.276. The lowest BCUT2D eigenvalue weighted by molar-refractivity contribution is -0.134. The molecule has 0 aromatic heterocycles. The number of carbonyl (C=O) groups excluding carboxylic acids is 2. The van der Waals surface area contributed by atoms with Gasteiger partial charge in [-0.2, -0.15) is 0 Å². The maximum atomic E-state index is 12.4. The standard InChI is InChI=1S/C22H23Cl3N4O2S/c1-13(2)21(31)29-9-7-28(8-10-29)19-6-4-15(12-18(19)25)26-22(32)27-20(30)16-5-3-14(23)11-17(16)24/h3-6,11-13H,7-10H2,1-2H3,(H2,26,27,30,32). The highest BCUT2D eigenvalue weighted by Crippen LogP contribution is 2.30. The first-order chi connectivity index (χ1) is 15.2. The Kier molecular flexibility index (Phi) is 8.22. The van der Waals surface area contributed by atoms with E-state index in [9.17, 15) is 9.59 Å². The van der Waals surface area contributed by atoms with E-state index in [-0.39, 0.29) is 27.5 Å². The number of hydrogen-bond donors (Lipinski definition) is 2. The van der Waals surface area contributed by atoms with E-state index >= 15 is 0 Å². The summed E-state index contributed by atoms with van der Waals surface area (Å²) in [7, 11) is 0. The molecule has 0 radical (unpaired) electrons. The Morgan fingerprint density at radius 3 is 2.25 bits per heavy atom. The molecule has 1 saturated heterocycles. The number of hydrogen-bond acceptors (Lipinski definition) is 4. The second-order valence-corrected chi connectivity index (χ2v) is 9.32. The third kappa shape index (κ3) is 6.04. The SMILES string of the molecule is CC(C)C(=O)N1CCN(c2ccc(NC(=S)NC(=O)c3ccc(Cl)cc3Cl)cc2Cl)CC1. The van der Waals surface area contributed by atoms with Gasteiger partial charge in [0.1, 0.15) is 0 Å². The maximum Gasteiger partial charge on any atom is 0.258 e. The lowest BCUT2D eigenvalue weighted by Gasteiger charge is -2.37. The molecule has 0 unspecified atom stereocenters. The van der Waals surface area contributed by atoms with E-state index in [0.717, 1.165) is 5.69 Å². The van der Waals surface area contributed by atoms with Gasteiger partial charge >= 0.3 is 0 Å². The molecule has 2 aromatic rings. The van der Waals surface area contributed by atoms with Gasteiger partial charge in [-0.1, -0.05) is 48.7 Å². The molecule has 1 aliphatic rings. The lowest BCUT2D eigenvalue weighted by atomic mass is 10.1. The van der Waals surface area contributed by atoms with Crippen LogP contribution in [0.25, 0.3) is 0 Å². The van der Waals surface area contributed by atoms with Crippen LogP contribution in [0.4, 0.5) is 11.4 Å². The summed E-state index contributed by atoms with van der Waals surface area (Å²) in [6.07, 6.45) is 0. The van der Waals surface area contributed by atoms with Crippen LogP contribution in [0.2, 0.25) is 15.1 Å². The van der Waals surface area contributed by atoms with Crippen molar-refractivity contribution in [2.75, 3.05) is 36.4 Å². The van der Waals surface area contributed by atoms with Crippen LogP contribution >= 0.6 is 47.0 Å². The summed E-state index contributed by atoms with van der Waals surface area (Å²) in [5, 5.41) is 6.89. The third-order valence-electron chi connectivity index (χ3n) is 5.03. The first-order valence-electron chi connectivity index (χ1n) is 10.1. The third-order valence-corrected chi connectivity index (χ3v) is 6.09. The van der Waals surface area contributed by atoms with E-state index < -0.39 is 5.91 Å². The van der Waals surface area contributed by atoms with Gasteiger partial charge < -0.3 is 15.1 Å². The molecule has 32 heavy (non-hydrogen) atoms. The van der Waals surface area contributed by atoms with Crippen molar-refractivity contribution in [1.29, 1.82) is 0 Å². The maximum absolute atomic E-state index is 12.4. The number of halogens is 3. The van der Waals surface area contributed by atoms with Crippen LogP contribution in [0.15, 0.2) is 36.4 Å². The first-order valence-corrected chi connectivity index (χ1v) is 11.6. The van der Waals surface area contributed by atoms with Crippen molar-refractivity contribution in [2.24, 2.45) is 5.92 Å². The van der Waals surface area contributed by atoms with Crippen LogP contribution in [0, 0.1) is 5.92 Å². The Balaban J connectivity index is 1.59. The second kappa shape index (κ2) is 10.7. The molecule has 10 heteroatoms. The van der Waals surface area contributed by atoms with E-state index in [4.69, 9.17) is 47.0 Å². The van der Waals surface area contributed by atoms with Crippen LogP contribution in [0.3, 0.4) is 0 Å². The van der Waals surface area contributed by atoms with E-state index in [2.05, 4.69) is 15.5 Å². The van der Waals surface area contributed by atoms with Crippen LogP contribution < -0.4 is 15.5 Å². The highest BCUT2D eigenvalue weighted by Gasteiger charge is 2.24. The lowest BCUT2D eigenvalue weighted by Crippen LogP contribution is -2.50. The highest BCUT2D eigenvalue weighted by atomic mass is 35.5. The number of piperazine rings is 1. The Morgan fingerprint density at radius 2 is 1.66 bits per heavy atom. The number of anilines is 2. The van der Waals surface area contributed by atoms with Gasteiger partial charge in [-0.15, -0.1) is 0 Å². The summed E-state index contributed by atoms with van der Waals surface area (Å²) >= 11 is 23.7. The zero-order valence-electron chi connectivity index (χ0n) is 17.6. The van der Waals surface area contributed by atoms with Crippen molar-refractivity contribution in [3.8, 4) is 0 Å². The summed E-state index contributed by atoms with van der Waals surface area (Å²) in [6.45, 7) is 6.57. The molecule has 1 aliphatic heterocycles. The fourth-order valence-corrected chi connectivity index (χ4v) is 4.39. The van der Waals surface area contributed by atoms with Gasteiger partial charge in [0.25, 0.3) is 5.91 Å². The van der Waals surface area contributed by atoms with E-state index in [1.54, 1.807) is 12.1 Å². The average Bonchev–Trinajstić information content (AvgIpc) is 2.73. The van der Waals surface area contributed by atoms with Gasteiger partial charge in [0, 0.05) is 42.8 Å². The summed E-state index contributed by atoms with van der Waals surface area (Å²) in [5.41, 5.74) is 1.79. The number of carbonyl (C=O) groups is 2. The molecule has 0 spiro atoms. The van der Waals surface area contributed by atoms with Crippen molar-refractivity contribution in [1.82, 2.24) is 10.2 Å². The molecule has 1 heterocycles. The largest absolute Gasteiger partial charge is 0.367 e. The monoisotopic (exact) mass is 512 g/mol. The quantitative estimate of drug-likeness (QED) is 0.558. The molecule has 170 valence electrons. The topological polar surface area (TPSA) is 64.7 Å². The predicted molar refractivity (Wildman–Crippen MR) is 135 cm³/mol. The van der Waals surface area contributed by atoms with Gasteiger partial charge in [0.2, 0.25) is 5.91 Å². The minimum Gasteiger partial charge on any atom is -0.367 e. The Bertz CT molecular complexity index is 1040. The van der Waals surface area contributed by atoms with E-state index in [0.29, 0.717) is 41.9 Å². The minimum absolute atomic E-state index is 0.00413. The summed E-state index contributed by atoms with van der Waals surface area (Å²) in [6, 6.07) is 10.1. The van der Waals surface area contributed by atoms with Crippen LogP contribution in [0.1, 0.15) is 24.2 Å². The van der Waals surface area contributed by atoms with Gasteiger partial charge in [-0.3, -0.25) is 14.9 Å². The normalized spacial score (nSPS) is 13.8. The smallest absolute Gasteiger partial charge is 0.258 e. The van der Waals surface area contributed by atoms with Gasteiger partial charge in [0.15, 0.2) is 5.11 Å². The first kappa shape index (κ1) is 24.6. The van der Waals surface area contributed by atoms with Gasteiger partial charge in [0.05, 0.1) is 21.3 Å². The number of benzene rings is 2. The predicted octanol–water partition coefficient (Wildman–Crippen LogP) is 5.08. The van der Waals surface area contributed by atoms with Crippen molar-refractivity contribution in [3.63, 3.8) is 0 Å². The fourth-order valence-electron chi connectivity index (χ4n) is 3.38. The van der Waals surface area contributed by atoms with Crippen molar-refractivity contribution >= 4 is 75.3 Å². The molecule has 3 rings (SSSR count). The van der Waals surface area contributed by atoms with E-state index in [1.165, 1.54) is 12.1 Å². The highest BCUT2D eigenvalue weighted by molar-refractivity contribution is 7.80. The zero-order chi connectivity index (χ0) is 23.4. The summed E-state index contributed by atoms with van der Waals surface area (Å²) in [4.78, 5) is 28.6. The van der Waals surface area contributed by atoms with Crippen molar-refractivity contribution in [2.45, 2.75) is 13.8 Å². The molecular weight excluding hydrogens is 491 g/mol.